The molecule has 1 aliphatic rings. The third kappa shape index (κ3) is 3.95. The molecule has 0 spiro atoms. The Balaban J connectivity index is 1.42. The lowest BCUT2D eigenvalue weighted by molar-refractivity contribution is 0.0780. The number of hydrogen-bond donors (Lipinski definition) is 1. The Morgan fingerprint density at radius 2 is 1.93 bits per heavy atom. The van der Waals surface area contributed by atoms with E-state index in [1.807, 2.05) is 0 Å². The minimum Gasteiger partial charge on any atom is -0.451 e. The maximum Gasteiger partial charge on any atom is 0.287 e. The van der Waals surface area contributed by atoms with E-state index in [4.69, 9.17) is 8.94 Å². The summed E-state index contributed by atoms with van der Waals surface area (Å²) in [5.74, 6) is 1.44. The number of carbonyl (C=O) groups is 2. The van der Waals surface area contributed by atoms with E-state index in [2.05, 4.69) is 15.5 Å². The van der Waals surface area contributed by atoms with Crippen LogP contribution in [0.2, 0.25) is 0 Å². The molecule has 2 heterocycles. The van der Waals surface area contributed by atoms with Crippen LogP contribution in [0.4, 0.5) is 0 Å². The minimum absolute atomic E-state index is 0.155. The highest BCUT2D eigenvalue weighted by molar-refractivity contribution is 5.94. The van der Waals surface area contributed by atoms with E-state index in [1.165, 1.54) is 4.90 Å². The zero-order valence-electron chi connectivity index (χ0n) is 15.6. The van der Waals surface area contributed by atoms with Gasteiger partial charge in [-0.25, -0.2) is 0 Å². The topological polar surface area (TPSA) is 101 Å². The molecule has 4 rings (SSSR count). The fourth-order valence-corrected chi connectivity index (χ4v) is 2.79. The predicted octanol–water partition coefficient (Wildman–Crippen LogP) is 2.80. The van der Waals surface area contributed by atoms with Crippen molar-refractivity contribution in [3.63, 3.8) is 0 Å². The first-order valence-corrected chi connectivity index (χ1v) is 9.05. The summed E-state index contributed by atoms with van der Waals surface area (Å²) < 4.78 is 10.6. The summed E-state index contributed by atoms with van der Waals surface area (Å²) in [6, 6.07) is 10.7. The van der Waals surface area contributed by atoms with Crippen molar-refractivity contribution in [2.75, 3.05) is 7.05 Å². The zero-order valence-corrected chi connectivity index (χ0v) is 15.6. The molecule has 2 amide bonds. The van der Waals surface area contributed by atoms with Gasteiger partial charge in [0.1, 0.15) is 5.76 Å². The molecule has 0 radical (unpaired) electrons. The quantitative estimate of drug-likeness (QED) is 0.706. The van der Waals surface area contributed by atoms with Gasteiger partial charge in [-0.05, 0) is 37.1 Å². The van der Waals surface area contributed by atoms with Gasteiger partial charge >= 0.3 is 0 Å². The van der Waals surface area contributed by atoms with Gasteiger partial charge in [0.2, 0.25) is 5.89 Å². The van der Waals surface area contributed by atoms with Crippen LogP contribution < -0.4 is 5.32 Å². The molecule has 144 valence electrons. The fourth-order valence-electron chi connectivity index (χ4n) is 2.79. The molecule has 8 nitrogen and oxygen atoms in total. The molecule has 1 saturated carbocycles. The first-order chi connectivity index (χ1) is 13.5. The van der Waals surface area contributed by atoms with Crippen molar-refractivity contribution >= 4 is 11.8 Å². The maximum atomic E-state index is 12.6. The average molecular weight is 380 g/mol. The van der Waals surface area contributed by atoms with E-state index in [0.717, 1.165) is 18.4 Å². The molecule has 0 bridgehead atoms. The van der Waals surface area contributed by atoms with E-state index in [0.29, 0.717) is 23.0 Å². The molecule has 28 heavy (non-hydrogen) atoms. The zero-order chi connectivity index (χ0) is 19.7. The van der Waals surface area contributed by atoms with E-state index < -0.39 is 0 Å². The Hall–Kier alpha value is -3.42. The number of benzene rings is 1. The van der Waals surface area contributed by atoms with Crippen molar-refractivity contribution in [2.45, 2.75) is 32.4 Å². The van der Waals surface area contributed by atoms with Crippen LogP contribution in [0.5, 0.6) is 0 Å². The van der Waals surface area contributed by atoms with Gasteiger partial charge in [0, 0.05) is 31.1 Å². The molecule has 2 aromatic heterocycles. The van der Waals surface area contributed by atoms with E-state index in [-0.39, 0.29) is 30.2 Å². The molecule has 1 aliphatic carbocycles. The van der Waals surface area contributed by atoms with Gasteiger partial charge in [-0.3, -0.25) is 9.59 Å². The van der Waals surface area contributed by atoms with E-state index in [1.54, 1.807) is 50.4 Å². The smallest absolute Gasteiger partial charge is 0.287 e. The van der Waals surface area contributed by atoms with Crippen molar-refractivity contribution in [3.8, 4) is 11.3 Å². The van der Waals surface area contributed by atoms with Crippen molar-refractivity contribution in [3.05, 3.63) is 59.4 Å². The highest BCUT2D eigenvalue weighted by Crippen LogP contribution is 2.24. The van der Waals surface area contributed by atoms with Crippen LogP contribution in [0.1, 0.15) is 45.5 Å². The van der Waals surface area contributed by atoms with Gasteiger partial charge < -0.3 is 19.2 Å². The van der Waals surface area contributed by atoms with Crippen molar-refractivity contribution in [2.24, 2.45) is 0 Å². The van der Waals surface area contributed by atoms with Gasteiger partial charge in [0.05, 0.1) is 6.54 Å². The molecule has 1 fully saturated rings. The summed E-state index contributed by atoms with van der Waals surface area (Å²) in [5, 5.41) is 6.69. The number of hydrogen-bond acceptors (Lipinski definition) is 6. The maximum absolute atomic E-state index is 12.6. The Kier molecular flexibility index (Phi) is 4.68. The summed E-state index contributed by atoms with van der Waals surface area (Å²) >= 11 is 0. The molecule has 0 atom stereocenters. The van der Waals surface area contributed by atoms with Crippen molar-refractivity contribution in [1.29, 1.82) is 0 Å². The third-order valence-electron chi connectivity index (χ3n) is 4.45. The van der Waals surface area contributed by atoms with Crippen molar-refractivity contribution in [1.82, 2.24) is 20.4 Å². The largest absolute Gasteiger partial charge is 0.451 e. The summed E-state index contributed by atoms with van der Waals surface area (Å²) in [6.07, 6.45) is 2.05. The Morgan fingerprint density at radius 1 is 1.18 bits per heavy atom. The van der Waals surface area contributed by atoms with E-state index >= 15 is 0 Å². The number of carbonyl (C=O) groups excluding carboxylic acids is 2. The first-order valence-electron chi connectivity index (χ1n) is 9.05. The molecule has 8 heteroatoms. The molecule has 0 saturated heterocycles. The number of furan rings is 1. The van der Waals surface area contributed by atoms with E-state index in [9.17, 15) is 9.59 Å². The fraction of sp³-hybridized carbons (Fsp3) is 0.300. The lowest BCUT2D eigenvalue weighted by Crippen LogP contribution is -2.26. The standard InChI is InChI=1S/C20H20N4O4/c1-12-21-18(23-28-12)11-24(2)20(26)14-5-3-13(4-6-14)16-9-10-17(27-16)19(25)22-15-7-8-15/h3-6,9-10,15H,7-8,11H2,1-2H3,(H,22,25). The van der Waals surface area contributed by atoms with Gasteiger partial charge in [-0.2, -0.15) is 4.98 Å². The van der Waals surface area contributed by atoms with Crippen molar-refractivity contribution < 1.29 is 18.5 Å². The number of aromatic nitrogens is 2. The third-order valence-corrected chi connectivity index (χ3v) is 4.45. The highest BCUT2D eigenvalue weighted by Gasteiger charge is 2.25. The SMILES string of the molecule is Cc1nc(CN(C)C(=O)c2ccc(-c3ccc(C(=O)NC4CC4)o3)cc2)no1. The van der Waals surface area contributed by atoms with Crippen LogP contribution in [-0.4, -0.2) is 39.9 Å². The van der Waals surface area contributed by atoms with Crippen LogP contribution in [0.25, 0.3) is 11.3 Å². The van der Waals surface area contributed by atoms with Gasteiger partial charge in [0.15, 0.2) is 11.6 Å². The number of nitrogens with one attached hydrogen (secondary N) is 1. The monoisotopic (exact) mass is 380 g/mol. The summed E-state index contributed by atoms with van der Waals surface area (Å²) in [5.41, 5.74) is 1.32. The molecule has 0 aliphatic heterocycles. The second-order valence-corrected chi connectivity index (χ2v) is 6.88. The Morgan fingerprint density at radius 3 is 2.57 bits per heavy atom. The normalized spacial score (nSPS) is 13.4. The molecule has 1 N–H and O–H groups in total. The second-order valence-electron chi connectivity index (χ2n) is 6.88. The van der Waals surface area contributed by atoms with Crippen LogP contribution in [0.15, 0.2) is 45.3 Å². The summed E-state index contributed by atoms with van der Waals surface area (Å²) in [7, 11) is 1.68. The Bertz CT molecular complexity index is 1000. The predicted molar refractivity (Wildman–Crippen MR) is 99.5 cm³/mol. The number of aryl methyl sites for hydroxylation is 1. The van der Waals surface area contributed by atoms with Crippen LogP contribution >= 0.6 is 0 Å². The van der Waals surface area contributed by atoms with Crippen LogP contribution in [0, 0.1) is 6.92 Å². The average Bonchev–Trinajstić information content (AvgIpc) is 3.19. The number of amides is 2. The lowest BCUT2D eigenvalue weighted by Gasteiger charge is -2.15. The molecule has 1 aromatic carbocycles. The number of rotatable bonds is 6. The minimum atomic E-state index is -0.195. The summed E-state index contributed by atoms with van der Waals surface area (Å²) in [4.78, 5) is 30.2. The van der Waals surface area contributed by atoms with Gasteiger partial charge in [-0.15, -0.1) is 0 Å². The Labute approximate surface area is 161 Å². The second kappa shape index (κ2) is 7.30. The highest BCUT2D eigenvalue weighted by atomic mass is 16.5. The first kappa shape index (κ1) is 18.0. The molecule has 0 unspecified atom stereocenters. The molecule has 3 aromatic rings. The van der Waals surface area contributed by atoms with Crippen LogP contribution in [-0.2, 0) is 6.54 Å². The number of nitrogens with zero attached hydrogens (tertiary/aromatic N) is 3. The molecular weight excluding hydrogens is 360 g/mol. The van der Waals surface area contributed by atoms with Gasteiger partial charge in [-0.1, -0.05) is 17.3 Å². The molecular formula is C20H20N4O4. The van der Waals surface area contributed by atoms with Gasteiger partial charge in [0.25, 0.3) is 11.8 Å². The lowest BCUT2D eigenvalue weighted by atomic mass is 10.1. The van der Waals surface area contributed by atoms with Crippen LogP contribution in [0.3, 0.4) is 0 Å². The summed E-state index contributed by atoms with van der Waals surface area (Å²) in [6.45, 7) is 1.96.